The van der Waals surface area contributed by atoms with Crippen LogP contribution in [0.25, 0.3) is 0 Å². The Kier molecular flexibility index (Phi) is 3.98. The van der Waals surface area contributed by atoms with Gasteiger partial charge in [-0.2, -0.15) is 4.58 Å². The number of benzene rings is 1. The summed E-state index contributed by atoms with van der Waals surface area (Å²) in [4.78, 5) is 10.6. The third kappa shape index (κ3) is 2.62. The molecule has 1 heterocycles. The number of fused-ring (bicyclic) bond motifs is 1. The SMILES string of the molecule is CC1=[N+](CCCCC(=O)O)c2ccc(C)cc2C1(C)C. The molecule has 0 bridgehead atoms. The summed E-state index contributed by atoms with van der Waals surface area (Å²) in [6.07, 6.45) is 1.91. The average Bonchev–Trinajstić information content (AvgIpc) is 2.55. The predicted octanol–water partition coefficient (Wildman–Crippen LogP) is 3.65. The van der Waals surface area contributed by atoms with Gasteiger partial charge in [0.25, 0.3) is 0 Å². The highest BCUT2D eigenvalue weighted by Crippen LogP contribution is 2.39. The van der Waals surface area contributed by atoms with E-state index in [2.05, 4.69) is 50.5 Å². The number of aryl methyl sites for hydroxylation is 1. The average molecular weight is 274 g/mol. The normalized spacial score (nSPS) is 16.4. The maximum absolute atomic E-state index is 10.6. The Hall–Kier alpha value is -1.64. The van der Waals surface area contributed by atoms with Gasteiger partial charge in [-0.1, -0.05) is 11.6 Å². The molecule has 0 amide bonds. The molecule has 20 heavy (non-hydrogen) atoms. The first kappa shape index (κ1) is 14.8. The third-order valence-corrected chi connectivity index (χ3v) is 4.45. The largest absolute Gasteiger partial charge is 0.481 e. The molecule has 0 spiro atoms. The molecule has 3 nitrogen and oxygen atoms in total. The van der Waals surface area contributed by atoms with E-state index in [9.17, 15) is 4.79 Å². The highest BCUT2D eigenvalue weighted by molar-refractivity contribution is 5.93. The van der Waals surface area contributed by atoms with Crippen molar-refractivity contribution in [2.45, 2.75) is 52.4 Å². The van der Waals surface area contributed by atoms with Crippen LogP contribution in [-0.4, -0.2) is 27.9 Å². The lowest BCUT2D eigenvalue weighted by Gasteiger charge is -2.15. The molecule has 1 N–H and O–H groups in total. The number of carboxylic acids is 1. The van der Waals surface area contributed by atoms with Crippen LogP contribution in [0.2, 0.25) is 0 Å². The summed E-state index contributed by atoms with van der Waals surface area (Å²) < 4.78 is 2.36. The van der Waals surface area contributed by atoms with Crippen molar-refractivity contribution < 1.29 is 14.5 Å². The van der Waals surface area contributed by atoms with Gasteiger partial charge in [0.2, 0.25) is 5.69 Å². The molecule has 1 aliphatic rings. The van der Waals surface area contributed by atoms with Crippen LogP contribution in [0.4, 0.5) is 5.69 Å². The highest BCUT2D eigenvalue weighted by atomic mass is 16.4. The van der Waals surface area contributed by atoms with Crippen LogP contribution in [0.3, 0.4) is 0 Å². The van der Waals surface area contributed by atoms with E-state index in [0.29, 0.717) is 0 Å². The maximum atomic E-state index is 10.6. The number of nitrogens with zero attached hydrogens (tertiary/aromatic N) is 1. The number of carbonyl (C=O) groups is 1. The Morgan fingerprint density at radius 3 is 2.60 bits per heavy atom. The molecule has 0 radical (unpaired) electrons. The number of rotatable bonds is 5. The number of hydrogen-bond acceptors (Lipinski definition) is 1. The van der Waals surface area contributed by atoms with Crippen LogP contribution in [0.15, 0.2) is 18.2 Å². The Labute approximate surface area is 121 Å². The van der Waals surface area contributed by atoms with Crippen LogP contribution in [0, 0.1) is 6.92 Å². The van der Waals surface area contributed by atoms with Crippen LogP contribution >= 0.6 is 0 Å². The van der Waals surface area contributed by atoms with E-state index in [1.807, 2.05) is 0 Å². The highest BCUT2D eigenvalue weighted by Gasteiger charge is 2.42. The van der Waals surface area contributed by atoms with Gasteiger partial charge in [-0.3, -0.25) is 4.79 Å². The zero-order chi connectivity index (χ0) is 14.9. The van der Waals surface area contributed by atoms with E-state index in [-0.39, 0.29) is 11.8 Å². The van der Waals surface area contributed by atoms with Crippen molar-refractivity contribution in [1.82, 2.24) is 0 Å². The zero-order valence-electron chi connectivity index (χ0n) is 12.9. The van der Waals surface area contributed by atoms with Crippen molar-refractivity contribution >= 4 is 17.4 Å². The van der Waals surface area contributed by atoms with E-state index in [4.69, 9.17) is 5.11 Å². The molecule has 108 valence electrons. The molecular weight excluding hydrogens is 250 g/mol. The molecule has 1 aromatic rings. The van der Waals surface area contributed by atoms with Crippen LogP contribution < -0.4 is 0 Å². The summed E-state index contributed by atoms with van der Waals surface area (Å²) >= 11 is 0. The monoisotopic (exact) mass is 274 g/mol. The van der Waals surface area contributed by atoms with E-state index in [1.165, 1.54) is 22.5 Å². The summed E-state index contributed by atoms with van der Waals surface area (Å²) in [7, 11) is 0. The number of aliphatic carboxylic acids is 1. The van der Waals surface area contributed by atoms with Gasteiger partial charge >= 0.3 is 5.97 Å². The first-order valence-corrected chi connectivity index (χ1v) is 7.28. The first-order chi connectivity index (χ1) is 9.34. The second-order valence-corrected chi connectivity index (χ2v) is 6.23. The second-order valence-electron chi connectivity index (χ2n) is 6.23. The zero-order valence-corrected chi connectivity index (χ0v) is 12.9. The number of unbranched alkanes of at least 4 members (excludes halogenated alkanes) is 1. The summed E-state index contributed by atoms with van der Waals surface area (Å²) in [5.74, 6) is -0.705. The van der Waals surface area contributed by atoms with Crippen molar-refractivity contribution in [2.24, 2.45) is 0 Å². The van der Waals surface area contributed by atoms with E-state index in [0.717, 1.165) is 19.4 Å². The molecule has 0 atom stereocenters. The van der Waals surface area contributed by atoms with Crippen molar-refractivity contribution in [3.8, 4) is 0 Å². The molecule has 0 aliphatic carbocycles. The van der Waals surface area contributed by atoms with E-state index >= 15 is 0 Å². The lowest BCUT2D eigenvalue weighted by Crippen LogP contribution is -2.26. The molecule has 3 heteroatoms. The lowest BCUT2D eigenvalue weighted by molar-refractivity contribution is -0.439. The van der Waals surface area contributed by atoms with Crippen molar-refractivity contribution in [3.63, 3.8) is 0 Å². The minimum absolute atomic E-state index is 0.0636. The Balaban J connectivity index is 2.21. The maximum Gasteiger partial charge on any atom is 0.303 e. The van der Waals surface area contributed by atoms with Gasteiger partial charge in [0, 0.05) is 31.4 Å². The van der Waals surface area contributed by atoms with Gasteiger partial charge in [0.05, 0.1) is 5.41 Å². The standard InChI is InChI=1S/C17H23NO2/c1-12-8-9-15-14(11-12)17(3,4)13(2)18(15)10-6-5-7-16(19)20/h8-9,11H,5-7,10H2,1-4H3/p+1. The van der Waals surface area contributed by atoms with Crippen molar-refractivity contribution in [3.05, 3.63) is 29.3 Å². The van der Waals surface area contributed by atoms with Crippen LogP contribution in [-0.2, 0) is 10.2 Å². The number of hydrogen-bond donors (Lipinski definition) is 1. The number of carboxylic acid groups (broad SMARTS) is 1. The lowest BCUT2D eigenvalue weighted by atomic mass is 9.82. The summed E-state index contributed by atoms with van der Waals surface area (Å²) in [6, 6.07) is 6.62. The minimum Gasteiger partial charge on any atom is -0.481 e. The van der Waals surface area contributed by atoms with Crippen LogP contribution in [0.5, 0.6) is 0 Å². The van der Waals surface area contributed by atoms with Gasteiger partial charge in [-0.15, -0.1) is 0 Å². The van der Waals surface area contributed by atoms with Gasteiger partial charge < -0.3 is 5.11 Å². The fourth-order valence-electron chi connectivity index (χ4n) is 2.93. The smallest absolute Gasteiger partial charge is 0.303 e. The summed E-state index contributed by atoms with van der Waals surface area (Å²) in [6.45, 7) is 9.74. The van der Waals surface area contributed by atoms with Gasteiger partial charge in [-0.05, 0) is 33.3 Å². The Morgan fingerprint density at radius 1 is 1.25 bits per heavy atom. The molecule has 0 saturated heterocycles. The fraction of sp³-hybridized carbons (Fsp3) is 0.529. The summed E-state index contributed by atoms with van der Waals surface area (Å²) in [5.41, 5.74) is 5.38. The minimum atomic E-state index is -0.705. The second kappa shape index (κ2) is 5.39. The molecule has 1 aromatic carbocycles. The van der Waals surface area contributed by atoms with Gasteiger partial charge in [0.15, 0.2) is 5.71 Å². The topological polar surface area (TPSA) is 40.3 Å². The quantitative estimate of drug-likeness (QED) is 0.657. The Bertz CT molecular complexity index is 570. The molecule has 0 fully saturated rings. The van der Waals surface area contributed by atoms with Gasteiger partial charge in [-0.25, -0.2) is 0 Å². The Morgan fingerprint density at radius 2 is 1.95 bits per heavy atom. The summed E-state index contributed by atoms with van der Waals surface area (Å²) in [5, 5.41) is 8.71. The molecule has 1 aliphatic heterocycles. The molecular formula is C17H24NO2+. The molecule has 0 unspecified atom stereocenters. The predicted molar refractivity (Wildman–Crippen MR) is 81.2 cm³/mol. The van der Waals surface area contributed by atoms with Gasteiger partial charge in [0.1, 0.15) is 6.54 Å². The molecule has 0 saturated carbocycles. The molecule has 2 rings (SSSR count). The van der Waals surface area contributed by atoms with E-state index in [1.54, 1.807) is 0 Å². The molecule has 0 aromatic heterocycles. The third-order valence-electron chi connectivity index (χ3n) is 4.45. The first-order valence-electron chi connectivity index (χ1n) is 7.28. The van der Waals surface area contributed by atoms with Crippen LogP contribution in [0.1, 0.15) is 51.2 Å². The van der Waals surface area contributed by atoms with E-state index < -0.39 is 5.97 Å². The van der Waals surface area contributed by atoms with Crippen molar-refractivity contribution in [1.29, 1.82) is 0 Å². The van der Waals surface area contributed by atoms with Crippen molar-refractivity contribution in [2.75, 3.05) is 6.54 Å². The fourth-order valence-corrected chi connectivity index (χ4v) is 2.93.